The van der Waals surface area contributed by atoms with Crippen molar-refractivity contribution in [3.63, 3.8) is 0 Å². The van der Waals surface area contributed by atoms with Gasteiger partial charge in [-0.3, -0.25) is 0 Å². The Labute approximate surface area is 112 Å². The van der Waals surface area contributed by atoms with Gasteiger partial charge in [-0.05, 0) is 24.8 Å². The van der Waals surface area contributed by atoms with Gasteiger partial charge in [-0.2, -0.15) is 5.10 Å². The van der Waals surface area contributed by atoms with Crippen LogP contribution in [0.4, 0.5) is 5.82 Å². The van der Waals surface area contributed by atoms with E-state index in [-0.39, 0.29) is 5.84 Å². The Hall–Kier alpha value is -1.89. The molecule has 7 nitrogen and oxygen atoms in total. The van der Waals surface area contributed by atoms with E-state index in [1.807, 2.05) is 11.9 Å². The van der Waals surface area contributed by atoms with Crippen LogP contribution >= 0.6 is 0 Å². The molecule has 104 valence electrons. The van der Waals surface area contributed by atoms with Gasteiger partial charge in [0.25, 0.3) is 0 Å². The third-order valence-corrected chi connectivity index (χ3v) is 3.23. The summed E-state index contributed by atoms with van der Waals surface area (Å²) in [6, 6.07) is 1.69. The maximum atomic E-state index is 8.79. The predicted molar refractivity (Wildman–Crippen MR) is 71.4 cm³/mol. The Bertz CT molecular complexity index is 446. The summed E-state index contributed by atoms with van der Waals surface area (Å²) in [5.41, 5.74) is 6.23. The molecule has 0 spiro atoms. The second-order valence-electron chi connectivity index (χ2n) is 4.72. The van der Waals surface area contributed by atoms with Gasteiger partial charge in [0.15, 0.2) is 11.7 Å². The summed E-state index contributed by atoms with van der Waals surface area (Å²) in [6.45, 7) is 2.43. The van der Waals surface area contributed by atoms with Crippen molar-refractivity contribution in [2.75, 3.05) is 31.7 Å². The smallest absolute Gasteiger partial charge is 0.173 e. The van der Waals surface area contributed by atoms with E-state index in [2.05, 4.69) is 15.4 Å². The second-order valence-corrected chi connectivity index (χ2v) is 4.72. The molecular weight excluding hydrogens is 246 g/mol. The Kier molecular flexibility index (Phi) is 4.51. The van der Waals surface area contributed by atoms with E-state index in [0.717, 1.165) is 32.6 Å². The molecule has 2 heterocycles. The molecule has 1 aromatic rings. The van der Waals surface area contributed by atoms with Gasteiger partial charge in [-0.15, -0.1) is 5.10 Å². The van der Waals surface area contributed by atoms with Crippen molar-refractivity contribution in [1.82, 2.24) is 10.2 Å². The van der Waals surface area contributed by atoms with E-state index < -0.39 is 0 Å². The highest BCUT2D eigenvalue weighted by atomic mass is 16.5. The first-order valence-electron chi connectivity index (χ1n) is 6.31. The molecular formula is C12H19N5O2. The lowest BCUT2D eigenvalue weighted by Crippen LogP contribution is -2.33. The lowest BCUT2D eigenvalue weighted by molar-refractivity contribution is 0.0576. The number of ether oxygens (including phenoxy) is 1. The van der Waals surface area contributed by atoms with Crippen molar-refractivity contribution in [3.8, 4) is 0 Å². The van der Waals surface area contributed by atoms with Crippen LogP contribution in [-0.4, -0.2) is 48.0 Å². The SMILES string of the molecule is CN(CC1CCCOC1)c1nnccc1/C(N)=N/O. The summed E-state index contributed by atoms with van der Waals surface area (Å²) in [4.78, 5) is 1.97. The van der Waals surface area contributed by atoms with Gasteiger partial charge in [-0.1, -0.05) is 5.16 Å². The number of aromatic nitrogens is 2. The molecule has 1 unspecified atom stereocenters. The largest absolute Gasteiger partial charge is 0.409 e. The average Bonchev–Trinajstić information content (AvgIpc) is 2.47. The summed E-state index contributed by atoms with van der Waals surface area (Å²) in [5, 5.41) is 19.8. The molecule has 1 atom stereocenters. The van der Waals surface area contributed by atoms with Crippen LogP contribution in [0.2, 0.25) is 0 Å². The van der Waals surface area contributed by atoms with E-state index in [1.54, 1.807) is 6.07 Å². The third kappa shape index (κ3) is 3.31. The molecule has 1 aliphatic rings. The van der Waals surface area contributed by atoms with E-state index in [9.17, 15) is 0 Å². The van der Waals surface area contributed by atoms with Crippen LogP contribution in [0.1, 0.15) is 18.4 Å². The topological polar surface area (TPSA) is 96.9 Å². The van der Waals surface area contributed by atoms with Gasteiger partial charge >= 0.3 is 0 Å². The van der Waals surface area contributed by atoms with E-state index in [0.29, 0.717) is 17.3 Å². The minimum atomic E-state index is 0.0386. The van der Waals surface area contributed by atoms with Crippen molar-refractivity contribution in [2.45, 2.75) is 12.8 Å². The first-order chi connectivity index (χ1) is 9.22. The monoisotopic (exact) mass is 265 g/mol. The van der Waals surface area contributed by atoms with Crippen LogP contribution in [0.15, 0.2) is 17.4 Å². The van der Waals surface area contributed by atoms with Crippen LogP contribution in [0.5, 0.6) is 0 Å². The molecule has 1 aromatic heterocycles. The highest BCUT2D eigenvalue weighted by molar-refractivity contribution is 6.01. The van der Waals surface area contributed by atoms with Gasteiger partial charge in [0.1, 0.15) is 0 Å². The van der Waals surface area contributed by atoms with E-state index in [1.165, 1.54) is 6.20 Å². The molecule has 19 heavy (non-hydrogen) atoms. The minimum Gasteiger partial charge on any atom is -0.409 e. The molecule has 3 N–H and O–H groups in total. The quantitative estimate of drug-likeness (QED) is 0.355. The number of nitrogens with two attached hydrogens (primary N) is 1. The zero-order valence-electron chi connectivity index (χ0n) is 11.0. The number of rotatable bonds is 4. The van der Waals surface area contributed by atoms with Crippen LogP contribution in [0.25, 0.3) is 0 Å². The second kappa shape index (κ2) is 6.33. The number of hydrogen-bond acceptors (Lipinski definition) is 6. The van der Waals surface area contributed by atoms with Gasteiger partial charge in [0.2, 0.25) is 0 Å². The number of anilines is 1. The maximum absolute atomic E-state index is 8.79. The normalized spacial score (nSPS) is 20.3. The number of nitrogens with zero attached hydrogens (tertiary/aromatic N) is 4. The Morgan fingerprint density at radius 3 is 3.21 bits per heavy atom. The summed E-state index contributed by atoms with van der Waals surface area (Å²) in [6.07, 6.45) is 3.75. The van der Waals surface area contributed by atoms with Crippen LogP contribution in [-0.2, 0) is 4.74 Å². The summed E-state index contributed by atoms with van der Waals surface area (Å²) < 4.78 is 5.47. The van der Waals surface area contributed by atoms with E-state index >= 15 is 0 Å². The lowest BCUT2D eigenvalue weighted by Gasteiger charge is -2.28. The molecule has 0 saturated carbocycles. The third-order valence-electron chi connectivity index (χ3n) is 3.23. The first kappa shape index (κ1) is 13.5. The fourth-order valence-corrected chi connectivity index (χ4v) is 2.29. The van der Waals surface area contributed by atoms with Crippen molar-refractivity contribution in [3.05, 3.63) is 17.8 Å². The van der Waals surface area contributed by atoms with Gasteiger partial charge in [-0.25, -0.2) is 0 Å². The van der Waals surface area contributed by atoms with Crippen molar-refractivity contribution >= 4 is 11.7 Å². The number of hydrogen-bond donors (Lipinski definition) is 2. The summed E-state index contributed by atoms with van der Waals surface area (Å²) >= 11 is 0. The zero-order chi connectivity index (χ0) is 13.7. The van der Waals surface area contributed by atoms with Crippen molar-refractivity contribution < 1.29 is 9.94 Å². The molecule has 0 radical (unpaired) electrons. The van der Waals surface area contributed by atoms with Crippen LogP contribution < -0.4 is 10.6 Å². The van der Waals surface area contributed by atoms with Gasteiger partial charge in [0, 0.05) is 20.2 Å². The highest BCUT2D eigenvalue weighted by Gasteiger charge is 2.19. The zero-order valence-corrected chi connectivity index (χ0v) is 11.0. The predicted octanol–water partition coefficient (Wildman–Crippen LogP) is 0.434. The molecule has 0 aromatic carbocycles. The Morgan fingerprint density at radius 1 is 1.68 bits per heavy atom. The van der Waals surface area contributed by atoms with Gasteiger partial charge < -0.3 is 20.6 Å². The van der Waals surface area contributed by atoms with Crippen LogP contribution in [0.3, 0.4) is 0 Å². The molecule has 0 aliphatic carbocycles. The molecule has 0 amide bonds. The molecule has 0 bridgehead atoms. The Balaban J connectivity index is 2.11. The lowest BCUT2D eigenvalue weighted by atomic mass is 10.0. The molecule has 1 fully saturated rings. The van der Waals surface area contributed by atoms with Crippen LogP contribution in [0, 0.1) is 5.92 Å². The Morgan fingerprint density at radius 2 is 2.53 bits per heavy atom. The molecule has 1 saturated heterocycles. The fraction of sp³-hybridized carbons (Fsp3) is 0.583. The molecule has 1 aliphatic heterocycles. The highest BCUT2D eigenvalue weighted by Crippen LogP contribution is 2.19. The standard InChI is InChI=1S/C12H19N5O2/c1-17(7-9-3-2-6-19-8-9)12-10(11(13)16-18)4-5-14-15-12/h4-5,9,18H,2-3,6-8H2,1H3,(H2,13,16). The molecule has 7 heteroatoms. The average molecular weight is 265 g/mol. The maximum Gasteiger partial charge on any atom is 0.173 e. The summed E-state index contributed by atoms with van der Waals surface area (Å²) in [5.74, 6) is 1.13. The van der Waals surface area contributed by atoms with Gasteiger partial charge in [0.05, 0.1) is 18.4 Å². The summed E-state index contributed by atoms with van der Waals surface area (Å²) in [7, 11) is 1.92. The minimum absolute atomic E-state index is 0.0386. The number of oxime groups is 1. The van der Waals surface area contributed by atoms with E-state index in [4.69, 9.17) is 15.7 Å². The molecule has 2 rings (SSSR count). The number of amidine groups is 1. The first-order valence-corrected chi connectivity index (χ1v) is 6.31. The van der Waals surface area contributed by atoms with Crippen molar-refractivity contribution in [2.24, 2.45) is 16.8 Å². The fourth-order valence-electron chi connectivity index (χ4n) is 2.29. The van der Waals surface area contributed by atoms with Crippen molar-refractivity contribution in [1.29, 1.82) is 0 Å².